The average molecular weight is 241 g/mol. The van der Waals surface area contributed by atoms with Gasteiger partial charge < -0.3 is 14.7 Å². The van der Waals surface area contributed by atoms with Crippen LogP contribution in [0.5, 0.6) is 0 Å². The first kappa shape index (κ1) is 13.7. The minimum Gasteiger partial charge on any atom is -0.479 e. The average Bonchev–Trinajstić information content (AvgIpc) is 2.73. The van der Waals surface area contributed by atoms with E-state index in [1.54, 1.807) is 11.0 Å². The molecule has 0 bridgehead atoms. The van der Waals surface area contributed by atoms with Crippen molar-refractivity contribution in [3.8, 4) is 0 Å². The van der Waals surface area contributed by atoms with Crippen LogP contribution in [0.4, 0.5) is 0 Å². The Morgan fingerprint density at radius 1 is 1.47 bits per heavy atom. The number of rotatable bonds is 5. The summed E-state index contributed by atoms with van der Waals surface area (Å²) in [6, 6.07) is 0.0491. The van der Waals surface area contributed by atoms with Gasteiger partial charge in [0, 0.05) is 12.6 Å². The third-order valence-corrected chi connectivity index (χ3v) is 2.80. The molecular weight excluding hydrogens is 222 g/mol. The maximum absolute atomic E-state index is 12.1. The second-order valence-corrected chi connectivity index (χ2v) is 4.40. The van der Waals surface area contributed by atoms with Crippen LogP contribution in [-0.2, 0) is 14.3 Å². The van der Waals surface area contributed by atoms with Gasteiger partial charge in [-0.2, -0.15) is 0 Å². The van der Waals surface area contributed by atoms with Crippen molar-refractivity contribution < 1.29 is 19.4 Å². The zero-order valence-electron chi connectivity index (χ0n) is 10.3. The van der Waals surface area contributed by atoms with E-state index in [0.717, 1.165) is 0 Å². The van der Waals surface area contributed by atoms with Gasteiger partial charge in [-0.15, -0.1) is 6.58 Å². The zero-order valence-corrected chi connectivity index (χ0v) is 10.3. The first-order chi connectivity index (χ1) is 7.97. The van der Waals surface area contributed by atoms with E-state index in [-0.39, 0.29) is 11.9 Å². The largest absolute Gasteiger partial charge is 0.479 e. The number of aliphatic carboxylic acids is 1. The van der Waals surface area contributed by atoms with Gasteiger partial charge in [-0.3, -0.25) is 4.79 Å². The summed E-state index contributed by atoms with van der Waals surface area (Å²) in [5.74, 6) is -1.15. The lowest BCUT2D eigenvalue weighted by Gasteiger charge is -2.27. The topological polar surface area (TPSA) is 66.8 Å². The van der Waals surface area contributed by atoms with Crippen molar-refractivity contribution >= 4 is 11.9 Å². The Bertz CT molecular complexity index is 314. The molecule has 2 atom stereocenters. The molecular formula is C12H19NO4. The fourth-order valence-electron chi connectivity index (χ4n) is 1.88. The molecule has 1 rings (SSSR count). The van der Waals surface area contributed by atoms with Crippen molar-refractivity contribution in [3.05, 3.63) is 12.7 Å². The molecule has 5 heteroatoms. The predicted molar refractivity (Wildman–Crippen MR) is 62.6 cm³/mol. The number of ether oxygens (including phenoxy) is 1. The summed E-state index contributed by atoms with van der Waals surface area (Å²) in [5, 5.41) is 8.80. The molecule has 1 fully saturated rings. The van der Waals surface area contributed by atoms with Gasteiger partial charge in [0.05, 0.1) is 0 Å². The molecule has 0 saturated carbocycles. The number of carboxylic acids is 1. The monoisotopic (exact) mass is 241 g/mol. The maximum atomic E-state index is 12.1. The normalized spacial score (nSPS) is 23.7. The van der Waals surface area contributed by atoms with Crippen LogP contribution < -0.4 is 0 Å². The van der Waals surface area contributed by atoms with Crippen molar-refractivity contribution in [1.29, 1.82) is 0 Å². The van der Waals surface area contributed by atoms with Gasteiger partial charge in [-0.1, -0.05) is 6.08 Å². The van der Waals surface area contributed by atoms with E-state index in [1.165, 1.54) is 0 Å². The molecule has 96 valence electrons. The van der Waals surface area contributed by atoms with Gasteiger partial charge in [-0.05, 0) is 26.7 Å². The Hall–Kier alpha value is -1.36. The van der Waals surface area contributed by atoms with Crippen molar-refractivity contribution in [1.82, 2.24) is 4.90 Å². The number of nitrogens with zero attached hydrogens (tertiary/aromatic N) is 1. The molecule has 1 aliphatic heterocycles. The minimum atomic E-state index is -1.000. The molecule has 5 nitrogen and oxygen atoms in total. The fraction of sp³-hybridized carbons (Fsp3) is 0.667. The Labute approximate surface area is 101 Å². The summed E-state index contributed by atoms with van der Waals surface area (Å²) < 4.78 is 5.24. The standard InChI is InChI=1S/C12H19NO4/c1-4-7-13(8(2)3)11(14)9-5-6-10(17-9)12(15)16/h4,8-10H,1,5-7H2,2-3H3,(H,15,16). The van der Waals surface area contributed by atoms with Crippen molar-refractivity contribution in [2.45, 2.75) is 44.9 Å². The van der Waals surface area contributed by atoms with Crippen molar-refractivity contribution in [3.63, 3.8) is 0 Å². The quantitative estimate of drug-likeness (QED) is 0.730. The number of carbonyl (C=O) groups is 2. The summed E-state index contributed by atoms with van der Waals surface area (Å²) in [6.07, 6.45) is 1.05. The second kappa shape index (κ2) is 5.82. The lowest BCUT2D eigenvalue weighted by molar-refractivity contribution is -0.155. The minimum absolute atomic E-state index is 0.0491. The Balaban J connectivity index is 2.63. The van der Waals surface area contributed by atoms with E-state index in [2.05, 4.69) is 6.58 Å². The third kappa shape index (κ3) is 3.30. The molecule has 0 aromatic heterocycles. The lowest BCUT2D eigenvalue weighted by Crippen LogP contribution is -2.43. The van der Waals surface area contributed by atoms with E-state index >= 15 is 0 Å². The first-order valence-corrected chi connectivity index (χ1v) is 5.77. The van der Waals surface area contributed by atoms with Crippen LogP contribution in [0.15, 0.2) is 12.7 Å². The molecule has 2 unspecified atom stereocenters. The van der Waals surface area contributed by atoms with Crippen LogP contribution >= 0.6 is 0 Å². The summed E-state index contributed by atoms with van der Waals surface area (Å²) >= 11 is 0. The molecule has 0 radical (unpaired) electrons. The van der Waals surface area contributed by atoms with Crippen LogP contribution in [0.3, 0.4) is 0 Å². The van der Waals surface area contributed by atoms with Crippen LogP contribution in [0.25, 0.3) is 0 Å². The number of amides is 1. The summed E-state index contributed by atoms with van der Waals surface area (Å²) in [6.45, 7) is 7.87. The van der Waals surface area contributed by atoms with Gasteiger partial charge >= 0.3 is 5.97 Å². The zero-order chi connectivity index (χ0) is 13.0. The number of carbonyl (C=O) groups excluding carboxylic acids is 1. The molecule has 0 aliphatic carbocycles. The molecule has 1 saturated heterocycles. The second-order valence-electron chi connectivity index (χ2n) is 4.40. The summed E-state index contributed by atoms with van der Waals surface area (Å²) in [5.41, 5.74) is 0. The summed E-state index contributed by atoms with van der Waals surface area (Å²) in [7, 11) is 0. The van der Waals surface area contributed by atoms with Gasteiger partial charge in [0.15, 0.2) is 6.10 Å². The molecule has 0 spiro atoms. The fourth-order valence-corrected chi connectivity index (χ4v) is 1.88. The van der Waals surface area contributed by atoms with Gasteiger partial charge in [0.2, 0.25) is 0 Å². The highest BCUT2D eigenvalue weighted by Gasteiger charge is 2.37. The Morgan fingerprint density at radius 2 is 2.06 bits per heavy atom. The van der Waals surface area contributed by atoms with Gasteiger partial charge in [-0.25, -0.2) is 4.79 Å². The first-order valence-electron chi connectivity index (χ1n) is 5.77. The number of hydrogen-bond acceptors (Lipinski definition) is 3. The molecule has 1 N–H and O–H groups in total. The molecule has 0 aromatic rings. The van der Waals surface area contributed by atoms with E-state index in [1.807, 2.05) is 13.8 Å². The van der Waals surface area contributed by atoms with E-state index in [0.29, 0.717) is 19.4 Å². The van der Waals surface area contributed by atoms with Crippen LogP contribution in [-0.4, -0.2) is 46.7 Å². The highest BCUT2D eigenvalue weighted by molar-refractivity contribution is 5.83. The molecule has 1 amide bonds. The SMILES string of the molecule is C=CCN(C(=O)C1CCC(C(=O)O)O1)C(C)C. The predicted octanol–water partition coefficient (Wildman–Crippen LogP) is 1.04. The lowest BCUT2D eigenvalue weighted by atomic mass is 10.1. The Kier molecular flexibility index (Phi) is 4.69. The molecule has 17 heavy (non-hydrogen) atoms. The molecule has 1 aliphatic rings. The van der Waals surface area contributed by atoms with E-state index in [4.69, 9.17) is 9.84 Å². The van der Waals surface area contributed by atoms with Crippen LogP contribution in [0.2, 0.25) is 0 Å². The van der Waals surface area contributed by atoms with Crippen molar-refractivity contribution in [2.75, 3.05) is 6.54 Å². The third-order valence-electron chi connectivity index (χ3n) is 2.80. The van der Waals surface area contributed by atoms with E-state index in [9.17, 15) is 9.59 Å². The highest BCUT2D eigenvalue weighted by atomic mass is 16.5. The van der Waals surface area contributed by atoms with Crippen LogP contribution in [0.1, 0.15) is 26.7 Å². The molecule has 1 heterocycles. The maximum Gasteiger partial charge on any atom is 0.332 e. The Morgan fingerprint density at radius 3 is 2.47 bits per heavy atom. The number of hydrogen-bond donors (Lipinski definition) is 1. The highest BCUT2D eigenvalue weighted by Crippen LogP contribution is 2.22. The van der Waals surface area contributed by atoms with Gasteiger partial charge in [0.1, 0.15) is 6.10 Å². The van der Waals surface area contributed by atoms with Crippen molar-refractivity contribution in [2.24, 2.45) is 0 Å². The smallest absolute Gasteiger partial charge is 0.332 e. The van der Waals surface area contributed by atoms with Crippen LogP contribution in [0, 0.1) is 0 Å². The van der Waals surface area contributed by atoms with E-state index < -0.39 is 18.2 Å². The summed E-state index contributed by atoms with van der Waals surface area (Å²) in [4.78, 5) is 24.5. The molecule has 0 aromatic carbocycles. The number of carboxylic acid groups (broad SMARTS) is 1. The van der Waals surface area contributed by atoms with Gasteiger partial charge in [0.25, 0.3) is 5.91 Å².